The van der Waals surface area contributed by atoms with Crippen LogP contribution in [0.3, 0.4) is 0 Å². The van der Waals surface area contributed by atoms with E-state index in [2.05, 4.69) is 15.6 Å². The van der Waals surface area contributed by atoms with Gasteiger partial charge in [-0.05, 0) is 29.8 Å². The monoisotopic (exact) mass is 679 g/mol. The number of amides is 2. The predicted octanol–water partition coefficient (Wildman–Crippen LogP) is 4.52. The molecule has 0 bridgehead atoms. The minimum Gasteiger partial charge on any atom is -0.507 e. The van der Waals surface area contributed by atoms with Gasteiger partial charge in [-0.2, -0.15) is 0 Å². The first-order valence-electron chi connectivity index (χ1n) is 15.0. The van der Waals surface area contributed by atoms with Crippen LogP contribution in [-0.2, 0) is 14.4 Å². The number of aliphatic hydroxyl groups excluding tert-OH is 1. The van der Waals surface area contributed by atoms with Crippen molar-refractivity contribution in [1.82, 2.24) is 10.3 Å². The zero-order chi connectivity index (χ0) is 34.7. The van der Waals surface area contributed by atoms with E-state index >= 15 is 0 Å². The molecule has 0 saturated carbocycles. The third-order valence-corrected chi connectivity index (χ3v) is 8.82. The van der Waals surface area contributed by atoms with E-state index in [4.69, 9.17) is 30.5 Å². The number of allylic oxidation sites excluding steroid dienone is 1. The highest BCUT2D eigenvalue weighted by Gasteiger charge is 2.61. The molecule has 252 valence electrons. The average Bonchev–Trinajstić information content (AvgIpc) is 3.38. The van der Waals surface area contributed by atoms with Crippen molar-refractivity contribution in [2.75, 3.05) is 33.2 Å². The summed E-state index contributed by atoms with van der Waals surface area (Å²) >= 11 is 6.56. The molecule has 2 aromatic carbocycles. The van der Waals surface area contributed by atoms with Crippen LogP contribution in [0.2, 0.25) is 5.02 Å². The molecule has 2 amide bonds. The van der Waals surface area contributed by atoms with Crippen molar-refractivity contribution in [2.45, 2.75) is 37.7 Å². The number of ketones is 2. The molecule has 0 radical (unpaired) electrons. The van der Waals surface area contributed by atoms with Crippen LogP contribution < -0.4 is 29.6 Å². The smallest absolute Gasteiger partial charge is 0.231 e. The number of methoxy groups -OCH3 is 3. The number of nitrogens with one attached hydrogen (secondary N) is 2. The van der Waals surface area contributed by atoms with Gasteiger partial charge in [-0.3, -0.25) is 19.2 Å². The molecule has 2 heterocycles. The van der Waals surface area contributed by atoms with Gasteiger partial charge in [-0.1, -0.05) is 30.7 Å². The first-order chi connectivity index (χ1) is 23.0. The van der Waals surface area contributed by atoms with Crippen molar-refractivity contribution < 1.29 is 48.3 Å². The number of phenolic OH excluding ortho intramolecular Hbond substituents is 1. The zero-order valence-electron chi connectivity index (χ0n) is 26.6. The van der Waals surface area contributed by atoms with Gasteiger partial charge < -0.3 is 39.8 Å². The number of ether oxygens (including phenoxy) is 4. The maximum absolute atomic E-state index is 14.3. The summed E-state index contributed by atoms with van der Waals surface area (Å²) in [6.45, 7) is 1.55. The van der Waals surface area contributed by atoms with Crippen molar-refractivity contribution in [2.24, 2.45) is 5.92 Å². The second kappa shape index (κ2) is 13.8. The molecule has 13 nitrogen and oxygen atoms in total. The molecule has 1 aliphatic carbocycles. The maximum Gasteiger partial charge on any atom is 0.231 e. The first-order valence-corrected chi connectivity index (χ1v) is 15.3. The molecule has 3 aromatic rings. The number of Topliss-reactive ketones (excluding diaryl/α,β-unsaturated/α-hetero) is 2. The zero-order valence-corrected chi connectivity index (χ0v) is 27.3. The largest absolute Gasteiger partial charge is 0.507 e. The van der Waals surface area contributed by atoms with E-state index < -0.39 is 40.7 Å². The number of phenols is 1. The summed E-state index contributed by atoms with van der Waals surface area (Å²) in [5.74, 6) is -4.40. The Morgan fingerprint density at radius 1 is 1.04 bits per heavy atom. The number of carbonyl (C=O) groups excluding carboxylic acids is 4. The third kappa shape index (κ3) is 6.08. The number of anilines is 1. The first kappa shape index (κ1) is 34.0. The van der Waals surface area contributed by atoms with E-state index in [0.29, 0.717) is 11.4 Å². The van der Waals surface area contributed by atoms with Gasteiger partial charge >= 0.3 is 0 Å². The number of carbonyl (C=O) groups is 4. The summed E-state index contributed by atoms with van der Waals surface area (Å²) < 4.78 is 22.3. The Bertz CT molecular complexity index is 1810. The van der Waals surface area contributed by atoms with Crippen LogP contribution >= 0.6 is 11.6 Å². The molecular formula is C34H34ClN3O10. The van der Waals surface area contributed by atoms with Crippen molar-refractivity contribution >= 4 is 40.8 Å². The highest BCUT2D eigenvalue weighted by Crippen LogP contribution is 2.56. The summed E-state index contributed by atoms with van der Waals surface area (Å²) in [5.41, 5.74) is -2.01. The van der Waals surface area contributed by atoms with E-state index in [1.165, 1.54) is 51.8 Å². The minimum absolute atomic E-state index is 0.0248. The fourth-order valence-electron chi connectivity index (χ4n) is 6.05. The van der Waals surface area contributed by atoms with Crippen LogP contribution in [0.4, 0.5) is 5.82 Å². The number of fused-ring (bicyclic) bond motifs is 1. The molecule has 1 aromatic heterocycles. The molecule has 48 heavy (non-hydrogen) atoms. The molecule has 1 aliphatic heterocycles. The van der Waals surface area contributed by atoms with E-state index in [1.54, 1.807) is 25.1 Å². The van der Waals surface area contributed by atoms with Crippen molar-refractivity contribution in [3.63, 3.8) is 0 Å². The van der Waals surface area contributed by atoms with E-state index in [1.807, 2.05) is 0 Å². The fourth-order valence-corrected chi connectivity index (χ4v) is 6.32. The maximum atomic E-state index is 14.3. The van der Waals surface area contributed by atoms with E-state index in [-0.39, 0.29) is 76.6 Å². The Balaban J connectivity index is 1.51. The molecule has 0 fully saturated rings. The Morgan fingerprint density at radius 2 is 1.77 bits per heavy atom. The van der Waals surface area contributed by atoms with Crippen LogP contribution in [0.25, 0.3) is 0 Å². The predicted molar refractivity (Wildman–Crippen MR) is 173 cm³/mol. The number of nitrogens with zero attached hydrogens (tertiary/aromatic N) is 1. The fraction of sp³-hybridized carbons (Fsp3) is 0.324. The van der Waals surface area contributed by atoms with Gasteiger partial charge in [0.05, 0.1) is 21.3 Å². The molecule has 1 spiro atoms. The number of benzene rings is 2. The number of hydrogen-bond donors (Lipinski definition) is 4. The van der Waals surface area contributed by atoms with Gasteiger partial charge in [0.25, 0.3) is 0 Å². The lowest BCUT2D eigenvalue weighted by atomic mass is 9.69. The van der Waals surface area contributed by atoms with E-state index in [9.17, 15) is 29.4 Å². The van der Waals surface area contributed by atoms with Gasteiger partial charge in [-0.25, -0.2) is 4.98 Å². The summed E-state index contributed by atoms with van der Waals surface area (Å²) in [4.78, 5) is 57.8. The Kier molecular flexibility index (Phi) is 9.80. The number of aromatic hydroxyl groups is 1. The van der Waals surface area contributed by atoms with Gasteiger partial charge in [-0.15, -0.1) is 0 Å². The lowest BCUT2D eigenvalue weighted by molar-refractivity contribution is -0.121. The number of aromatic nitrogens is 1. The van der Waals surface area contributed by atoms with Crippen LogP contribution in [0, 0.1) is 5.92 Å². The molecule has 2 aliphatic rings. The highest BCUT2D eigenvalue weighted by atomic mass is 35.5. The molecule has 5 rings (SSSR count). The standard InChI is InChI=1S/C34H34ClN3O10/c1-17-13-21(40)28(32(43)34(17)33(44)29-23(46-3)16-24(47-4)30(35)31(29)48-34)19(18-8-9-20(39)22(14-18)45-2)15-27(42)37-12-10-26(41)38-25-7-5-6-11-36-25/h5-9,11,14,16-17,19,39,43H,10,12-13,15H2,1-4H3,(H,37,42)(H,36,38,41)/t17-,19-,34+/m1/s1. The Hall–Kier alpha value is -5.30. The molecule has 0 unspecified atom stereocenters. The molecule has 14 heteroatoms. The van der Waals surface area contributed by atoms with Crippen LogP contribution in [0.1, 0.15) is 48.0 Å². The Morgan fingerprint density at radius 3 is 2.44 bits per heavy atom. The Labute approximate surface area is 280 Å². The summed E-state index contributed by atoms with van der Waals surface area (Å²) in [6, 6.07) is 10.7. The number of halogens is 1. The second-order valence-corrected chi connectivity index (χ2v) is 11.7. The third-order valence-electron chi connectivity index (χ3n) is 8.46. The number of pyridine rings is 1. The second-order valence-electron chi connectivity index (χ2n) is 11.3. The SMILES string of the molecule is COc1cc([C@@H](CC(=O)NCCC(=O)Nc2ccccn2)C2=C(O)[C@@]3(Oc4c(Cl)c(OC)cc(OC)c4C3=O)[C@H](C)CC2=O)ccc1O. The van der Waals surface area contributed by atoms with Gasteiger partial charge in [0.2, 0.25) is 23.2 Å². The normalized spacial score (nSPS) is 19.0. The minimum atomic E-state index is -2.08. The molecular weight excluding hydrogens is 646 g/mol. The number of aliphatic hydroxyl groups is 1. The quantitative estimate of drug-likeness (QED) is 0.224. The van der Waals surface area contributed by atoms with E-state index in [0.717, 1.165) is 0 Å². The summed E-state index contributed by atoms with van der Waals surface area (Å²) in [6.07, 6.45) is 0.851. The van der Waals surface area contributed by atoms with Crippen molar-refractivity contribution in [3.05, 3.63) is 76.1 Å². The van der Waals surface area contributed by atoms with Gasteiger partial charge in [0, 0.05) is 55.5 Å². The lowest BCUT2D eigenvalue weighted by Gasteiger charge is -2.38. The van der Waals surface area contributed by atoms with Crippen molar-refractivity contribution in [1.29, 1.82) is 0 Å². The average molecular weight is 680 g/mol. The highest BCUT2D eigenvalue weighted by molar-refractivity contribution is 6.35. The van der Waals surface area contributed by atoms with Gasteiger partial charge in [0.1, 0.15) is 27.9 Å². The molecule has 4 N–H and O–H groups in total. The lowest BCUT2D eigenvalue weighted by Crippen LogP contribution is -2.53. The number of rotatable bonds is 11. The molecule has 0 saturated heterocycles. The summed E-state index contributed by atoms with van der Waals surface area (Å²) in [5, 5.41) is 27.6. The van der Waals surface area contributed by atoms with Crippen LogP contribution in [-0.4, -0.2) is 72.1 Å². The van der Waals surface area contributed by atoms with Crippen LogP contribution in [0.5, 0.6) is 28.7 Å². The summed E-state index contributed by atoms with van der Waals surface area (Å²) in [7, 11) is 4.07. The molecule has 3 atom stereocenters. The number of hydrogen-bond acceptors (Lipinski definition) is 11. The topological polar surface area (TPSA) is 183 Å². The van der Waals surface area contributed by atoms with Crippen molar-refractivity contribution in [3.8, 4) is 28.7 Å². The van der Waals surface area contributed by atoms with Gasteiger partial charge in [0.15, 0.2) is 28.8 Å². The van der Waals surface area contributed by atoms with Crippen LogP contribution in [0.15, 0.2) is 60.0 Å².